The van der Waals surface area contributed by atoms with Gasteiger partial charge in [0.2, 0.25) is 0 Å². The molecule has 0 aliphatic heterocycles. The molecule has 0 radical (unpaired) electrons. The molecule has 1 aromatic carbocycles. The number of halogens is 1. The van der Waals surface area contributed by atoms with Crippen molar-refractivity contribution in [3.8, 4) is 5.75 Å². The molecular formula is C13H20ClNO2. The summed E-state index contributed by atoms with van der Waals surface area (Å²) in [6.07, 6.45) is 0.121. The van der Waals surface area contributed by atoms with Crippen LogP contribution in [0, 0.1) is 6.92 Å². The van der Waals surface area contributed by atoms with E-state index in [1.165, 1.54) is 0 Å². The molecule has 0 bridgehead atoms. The SMILES string of the molecule is COc1cc(Cl)c(C)cc1NC(C)C(C)OC. The van der Waals surface area contributed by atoms with Crippen molar-refractivity contribution in [2.75, 3.05) is 19.5 Å². The topological polar surface area (TPSA) is 30.5 Å². The van der Waals surface area contributed by atoms with Crippen LogP contribution >= 0.6 is 11.6 Å². The zero-order chi connectivity index (χ0) is 13.0. The van der Waals surface area contributed by atoms with Crippen molar-refractivity contribution < 1.29 is 9.47 Å². The molecule has 1 rings (SSSR count). The Hall–Kier alpha value is -0.930. The standard InChI is InChI=1S/C13H20ClNO2/c1-8-6-12(13(17-5)7-11(8)14)15-9(2)10(3)16-4/h6-7,9-10,15H,1-5H3. The van der Waals surface area contributed by atoms with Gasteiger partial charge in [-0.3, -0.25) is 0 Å². The van der Waals surface area contributed by atoms with Crippen LogP contribution in [0.4, 0.5) is 5.69 Å². The first-order chi connectivity index (χ1) is 7.99. The van der Waals surface area contributed by atoms with Gasteiger partial charge in [-0.1, -0.05) is 11.6 Å². The Kier molecular flexibility index (Phi) is 5.09. The quantitative estimate of drug-likeness (QED) is 0.876. The van der Waals surface area contributed by atoms with Crippen LogP contribution in [-0.4, -0.2) is 26.4 Å². The second-order valence-corrected chi connectivity index (χ2v) is 4.58. The number of rotatable bonds is 5. The molecule has 3 nitrogen and oxygen atoms in total. The highest BCUT2D eigenvalue weighted by Crippen LogP contribution is 2.31. The van der Waals surface area contributed by atoms with Gasteiger partial charge in [-0.15, -0.1) is 0 Å². The van der Waals surface area contributed by atoms with Crippen LogP contribution in [0.25, 0.3) is 0 Å². The van der Waals surface area contributed by atoms with E-state index in [1.54, 1.807) is 14.2 Å². The first-order valence-electron chi connectivity index (χ1n) is 5.63. The van der Waals surface area contributed by atoms with E-state index in [9.17, 15) is 0 Å². The van der Waals surface area contributed by atoms with Gasteiger partial charge in [-0.25, -0.2) is 0 Å². The van der Waals surface area contributed by atoms with Crippen molar-refractivity contribution in [1.29, 1.82) is 0 Å². The Morgan fingerprint density at radius 1 is 1.24 bits per heavy atom. The molecule has 4 heteroatoms. The minimum absolute atomic E-state index is 0.121. The lowest BCUT2D eigenvalue weighted by molar-refractivity contribution is 0.106. The number of hydrogen-bond acceptors (Lipinski definition) is 3. The Morgan fingerprint density at radius 2 is 1.88 bits per heavy atom. The Bertz CT molecular complexity index is 382. The summed E-state index contributed by atoms with van der Waals surface area (Å²) in [6.45, 7) is 6.06. The Balaban J connectivity index is 2.93. The summed E-state index contributed by atoms with van der Waals surface area (Å²) in [5.41, 5.74) is 1.96. The van der Waals surface area contributed by atoms with Gasteiger partial charge in [0, 0.05) is 24.2 Å². The van der Waals surface area contributed by atoms with Gasteiger partial charge in [0.05, 0.1) is 18.9 Å². The molecule has 0 spiro atoms. The molecule has 0 amide bonds. The van der Waals surface area contributed by atoms with Crippen LogP contribution in [0.3, 0.4) is 0 Å². The fourth-order valence-electron chi connectivity index (χ4n) is 1.51. The highest BCUT2D eigenvalue weighted by atomic mass is 35.5. The molecule has 0 aliphatic rings. The third-order valence-electron chi connectivity index (χ3n) is 2.94. The molecule has 0 saturated heterocycles. The van der Waals surface area contributed by atoms with Gasteiger partial charge >= 0.3 is 0 Å². The van der Waals surface area contributed by atoms with Gasteiger partial charge < -0.3 is 14.8 Å². The fourth-order valence-corrected chi connectivity index (χ4v) is 1.67. The highest BCUT2D eigenvalue weighted by Gasteiger charge is 2.14. The zero-order valence-electron chi connectivity index (χ0n) is 11.0. The number of benzene rings is 1. The molecule has 0 aliphatic carbocycles. The summed E-state index contributed by atoms with van der Waals surface area (Å²) < 4.78 is 10.6. The van der Waals surface area contributed by atoms with Crippen molar-refractivity contribution in [3.63, 3.8) is 0 Å². The number of nitrogens with one attached hydrogen (secondary N) is 1. The van der Waals surface area contributed by atoms with E-state index in [4.69, 9.17) is 21.1 Å². The van der Waals surface area contributed by atoms with Crippen LogP contribution in [-0.2, 0) is 4.74 Å². The monoisotopic (exact) mass is 257 g/mol. The van der Waals surface area contributed by atoms with E-state index in [1.807, 2.05) is 26.0 Å². The summed E-state index contributed by atoms with van der Waals surface area (Å²) in [7, 11) is 3.34. The predicted molar refractivity (Wildman–Crippen MR) is 72.3 cm³/mol. The maximum absolute atomic E-state index is 6.06. The number of ether oxygens (including phenoxy) is 2. The van der Waals surface area contributed by atoms with Crippen molar-refractivity contribution in [3.05, 3.63) is 22.7 Å². The van der Waals surface area contributed by atoms with E-state index in [0.29, 0.717) is 5.02 Å². The normalized spacial score (nSPS) is 14.2. The molecule has 0 fully saturated rings. The molecule has 2 unspecified atom stereocenters. The van der Waals surface area contributed by atoms with Crippen molar-refractivity contribution in [2.45, 2.75) is 32.9 Å². The van der Waals surface area contributed by atoms with Gasteiger partial charge in [0.1, 0.15) is 5.75 Å². The molecule has 0 aromatic heterocycles. The molecular weight excluding hydrogens is 238 g/mol. The van der Waals surface area contributed by atoms with E-state index in [0.717, 1.165) is 17.0 Å². The highest BCUT2D eigenvalue weighted by molar-refractivity contribution is 6.31. The second kappa shape index (κ2) is 6.12. The Labute approximate surface area is 108 Å². The molecule has 0 heterocycles. The zero-order valence-corrected chi connectivity index (χ0v) is 11.8. The summed E-state index contributed by atoms with van der Waals surface area (Å²) in [4.78, 5) is 0. The first-order valence-corrected chi connectivity index (χ1v) is 6.00. The third-order valence-corrected chi connectivity index (χ3v) is 3.35. The van der Waals surface area contributed by atoms with E-state index >= 15 is 0 Å². The molecule has 1 aromatic rings. The maximum atomic E-state index is 6.06. The average molecular weight is 258 g/mol. The van der Waals surface area contributed by atoms with E-state index in [2.05, 4.69) is 12.2 Å². The van der Waals surface area contributed by atoms with Gasteiger partial charge in [0.15, 0.2) is 0 Å². The molecule has 96 valence electrons. The van der Waals surface area contributed by atoms with Crippen molar-refractivity contribution in [1.82, 2.24) is 0 Å². The van der Waals surface area contributed by atoms with Crippen molar-refractivity contribution >= 4 is 17.3 Å². The van der Waals surface area contributed by atoms with E-state index < -0.39 is 0 Å². The Morgan fingerprint density at radius 3 is 2.41 bits per heavy atom. The van der Waals surface area contributed by atoms with Crippen LogP contribution in [0.5, 0.6) is 5.75 Å². The van der Waals surface area contributed by atoms with Gasteiger partial charge in [0.25, 0.3) is 0 Å². The van der Waals surface area contributed by atoms with Crippen molar-refractivity contribution in [2.24, 2.45) is 0 Å². The summed E-state index contributed by atoms with van der Waals surface area (Å²) in [5.74, 6) is 0.746. The van der Waals surface area contributed by atoms with Gasteiger partial charge in [-0.2, -0.15) is 0 Å². The lowest BCUT2D eigenvalue weighted by atomic mass is 10.1. The number of hydrogen-bond donors (Lipinski definition) is 1. The molecule has 17 heavy (non-hydrogen) atoms. The fraction of sp³-hybridized carbons (Fsp3) is 0.538. The van der Waals surface area contributed by atoms with Crippen LogP contribution in [0.1, 0.15) is 19.4 Å². The van der Waals surface area contributed by atoms with Crippen LogP contribution < -0.4 is 10.1 Å². The van der Waals surface area contributed by atoms with Gasteiger partial charge in [-0.05, 0) is 32.4 Å². The third kappa shape index (κ3) is 3.51. The lowest BCUT2D eigenvalue weighted by Gasteiger charge is -2.22. The molecule has 2 atom stereocenters. The summed E-state index contributed by atoms with van der Waals surface area (Å²) >= 11 is 6.06. The lowest BCUT2D eigenvalue weighted by Crippen LogP contribution is -2.29. The smallest absolute Gasteiger partial charge is 0.143 e. The number of anilines is 1. The largest absolute Gasteiger partial charge is 0.495 e. The average Bonchev–Trinajstić information content (AvgIpc) is 2.32. The predicted octanol–water partition coefficient (Wildman–Crippen LogP) is 3.49. The minimum atomic E-state index is 0.121. The maximum Gasteiger partial charge on any atom is 0.143 e. The number of methoxy groups -OCH3 is 2. The number of aryl methyl sites for hydroxylation is 1. The molecule has 1 N–H and O–H groups in total. The second-order valence-electron chi connectivity index (χ2n) is 4.18. The van der Waals surface area contributed by atoms with Crippen LogP contribution in [0.2, 0.25) is 5.02 Å². The first kappa shape index (κ1) is 14.1. The minimum Gasteiger partial charge on any atom is -0.495 e. The van der Waals surface area contributed by atoms with E-state index in [-0.39, 0.29) is 12.1 Å². The molecule has 0 saturated carbocycles. The summed E-state index contributed by atoms with van der Waals surface area (Å²) in [6, 6.07) is 4.00. The summed E-state index contributed by atoms with van der Waals surface area (Å²) in [5, 5.41) is 4.08. The van der Waals surface area contributed by atoms with Crippen LogP contribution in [0.15, 0.2) is 12.1 Å².